The van der Waals surface area contributed by atoms with Crippen molar-refractivity contribution in [2.75, 3.05) is 4.90 Å². The highest BCUT2D eigenvalue weighted by Gasteiger charge is 2.61. The van der Waals surface area contributed by atoms with Crippen LogP contribution in [0.5, 0.6) is 0 Å². The van der Waals surface area contributed by atoms with Crippen LogP contribution in [0.25, 0.3) is 0 Å². The molecule has 1 saturated heterocycles. The highest BCUT2D eigenvalue weighted by molar-refractivity contribution is 6.23. The van der Waals surface area contributed by atoms with Gasteiger partial charge < -0.3 is 0 Å². The first-order chi connectivity index (χ1) is 10.5. The SMILES string of the molecule is CC(C)=C1[C@@H]2C=C[C@@H]1[C@@H]1C(=O)N(c3ccccc3C)C(=O)[C@H]12. The zero-order valence-electron chi connectivity index (χ0n) is 13.0. The Morgan fingerprint density at radius 2 is 1.50 bits per heavy atom. The maximum atomic E-state index is 13.0. The first kappa shape index (κ1) is 13.5. The van der Waals surface area contributed by atoms with Crippen LogP contribution in [-0.2, 0) is 9.59 Å². The van der Waals surface area contributed by atoms with Crippen LogP contribution >= 0.6 is 0 Å². The minimum absolute atomic E-state index is 0.0279. The molecular weight excluding hydrogens is 274 g/mol. The van der Waals surface area contributed by atoms with Crippen molar-refractivity contribution in [3.05, 3.63) is 53.1 Å². The van der Waals surface area contributed by atoms with E-state index in [-0.39, 0.29) is 35.5 Å². The molecule has 0 unspecified atom stereocenters. The summed E-state index contributed by atoms with van der Waals surface area (Å²) < 4.78 is 0. The summed E-state index contributed by atoms with van der Waals surface area (Å²) in [4.78, 5) is 27.3. The molecule has 22 heavy (non-hydrogen) atoms. The average Bonchev–Trinajstić information content (AvgIpc) is 3.11. The van der Waals surface area contributed by atoms with Crippen molar-refractivity contribution >= 4 is 17.5 Å². The van der Waals surface area contributed by atoms with Crippen LogP contribution in [0.3, 0.4) is 0 Å². The third-order valence-corrected chi connectivity index (χ3v) is 5.35. The van der Waals surface area contributed by atoms with Gasteiger partial charge in [0.25, 0.3) is 0 Å². The molecule has 1 heterocycles. The Kier molecular flexibility index (Phi) is 2.71. The predicted molar refractivity (Wildman–Crippen MR) is 85.1 cm³/mol. The number of benzene rings is 1. The lowest BCUT2D eigenvalue weighted by atomic mass is 9.85. The number of hydrogen-bond acceptors (Lipinski definition) is 2. The van der Waals surface area contributed by atoms with E-state index >= 15 is 0 Å². The summed E-state index contributed by atoms with van der Waals surface area (Å²) in [6.45, 7) is 6.10. The van der Waals surface area contributed by atoms with E-state index in [0.29, 0.717) is 0 Å². The molecule has 112 valence electrons. The van der Waals surface area contributed by atoms with Gasteiger partial charge in [-0.1, -0.05) is 41.5 Å². The summed E-state index contributed by atoms with van der Waals surface area (Å²) in [7, 11) is 0. The number of allylic oxidation sites excluding steroid dienone is 4. The van der Waals surface area contributed by atoms with Crippen molar-refractivity contribution in [2.24, 2.45) is 23.7 Å². The molecular formula is C19H19NO2. The van der Waals surface area contributed by atoms with E-state index in [1.807, 2.05) is 31.2 Å². The van der Waals surface area contributed by atoms with E-state index < -0.39 is 0 Å². The molecule has 2 fully saturated rings. The third kappa shape index (κ3) is 1.51. The van der Waals surface area contributed by atoms with Gasteiger partial charge in [-0.2, -0.15) is 0 Å². The van der Waals surface area contributed by atoms with E-state index in [4.69, 9.17) is 0 Å². The zero-order chi connectivity index (χ0) is 15.6. The number of hydrogen-bond donors (Lipinski definition) is 0. The minimum Gasteiger partial charge on any atom is -0.274 e. The van der Waals surface area contributed by atoms with Gasteiger partial charge in [0.1, 0.15) is 0 Å². The minimum atomic E-state index is -0.202. The molecule has 4 rings (SSSR count). The first-order valence-corrected chi connectivity index (χ1v) is 7.81. The van der Waals surface area contributed by atoms with Gasteiger partial charge in [0, 0.05) is 11.8 Å². The maximum Gasteiger partial charge on any atom is 0.238 e. The van der Waals surface area contributed by atoms with E-state index in [2.05, 4.69) is 26.0 Å². The summed E-state index contributed by atoms with van der Waals surface area (Å²) in [5.74, 6) is -0.227. The van der Waals surface area contributed by atoms with Gasteiger partial charge >= 0.3 is 0 Å². The van der Waals surface area contributed by atoms with Gasteiger partial charge in [-0.3, -0.25) is 9.59 Å². The number of nitrogens with zero attached hydrogens (tertiary/aromatic N) is 1. The van der Waals surface area contributed by atoms with Crippen LogP contribution in [-0.4, -0.2) is 11.8 Å². The molecule has 0 spiro atoms. The molecule has 1 aromatic rings. The number of carbonyl (C=O) groups excluding carboxylic acids is 2. The van der Waals surface area contributed by atoms with Crippen LogP contribution in [0.2, 0.25) is 0 Å². The molecule has 3 aliphatic rings. The Bertz CT molecular complexity index is 720. The molecule has 1 saturated carbocycles. The normalized spacial score (nSPS) is 32.1. The fourth-order valence-corrected chi connectivity index (χ4v) is 4.48. The number of carbonyl (C=O) groups is 2. The van der Waals surface area contributed by atoms with Crippen molar-refractivity contribution in [3.8, 4) is 0 Å². The molecule has 3 heteroatoms. The predicted octanol–water partition coefficient (Wildman–Crippen LogP) is 3.25. The summed E-state index contributed by atoms with van der Waals surface area (Å²) >= 11 is 0. The van der Waals surface area contributed by atoms with Gasteiger partial charge in [0.15, 0.2) is 0 Å². The Hall–Kier alpha value is -2.16. The first-order valence-electron chi connectivity index (χ1n) is 7.81. The highest BCUT2D eigenvalue weighted by atomic mass is 16.2. The second-order valence-electron chi connectivity index (χ2n) is 6.74. The number of fused-ring (bicyclic) bond motifs is 5. The fourth-order valence-electron chi connectivity index (χ4n) is 4.48. The van der Waals surface area contributed by atoms with Crippen molar-refractivity contribution < 1.29 is 9.59 Å². The monoisotopic (exact) mass is 293 g/mol. The summed E-state index contributed by atoms with van der Waals surface area (Å²) in [5, 5.41) is 0. The molecule has 1 aromatic carbocycles. The molecule has 4 atom stereocenters. The van der Waals surface area contributed by atoms with E-state index in [1.54, 1.807) is 0 Å². The quantitative estimate of drug-likeness (QED) is 0.589. The van der Waals surface area contributed by atoms with E-state index in [1.165, 1.54) is 16.0 Å². The van der Waals surface area contributed by atoms with Crippen LogP contribution in [0.4, 0.5) is 5.69 Å². The molecule has 0 aromatic heterocycles. The molecule has 1 aliphatic heterocycles. The number of anilines is 1. The van der Waals surface area contributed by atoms with Gasteiger partial charge in [0.05, 0.1) is 17.5 Å². The van der Waals surface area contributed by atoms with Gasteiger partial charge in [-0.25, -0.2) is 4.90 Å². The smallest absolute Gasteiger partial charge is 0.238 e. The lowest BCUT2D eigenvalue weighted by Gasteiger charge is -2.20. The molecule has 2 aliphatic carbocycles. The lowest BCUT2D eigenvalue weighted by molar-refractivity contribution is -0.122. The Balaban J connectivity index is 1.80. The van der Waals surface area contributed by atoms with Crippen LogP contribution < -0.4 is 4.90 Å². The number of amides is 2. The summed E-state index contributed by atoms with van der Waals surface area (Å²) in [6, 6.07) is 7.62. The number of para-hydroxylation sites is 1. The zero-order valence-corrected chi connectivity index (χ0v) is 13.0. The number of imide groups is 1. The Labute approximate surface area is 130 Å². The standard InChI is InChI=1S/C19H19NO2/c1-10(2)15-12-8-9-13(15)17-16(12)18(21)20(19(17)22)14-7-5-4-6-11(14)3/h4-9,12-13,16-17H,1-3H3/t12-,13-,16-,17-/m0/s1. The second-order valence-corrected chi connectivity index (χ2v) is 6.74. The van der Waals surface area contributed by atoms with Gasteiger partial charge in [-0.15, -0.1) is 0 Å². The van der Waals surface area contributed by atoms with E-state index in [9.17, 15) is 9.59 Å². The Morgan fingerprint density at radius 1 is 0.955 bits per heavy atom. The molecule has 0 N–H and O–H groups in total. The van der Waals surface area contributed by atoms with Gasteiger partial charge in [-0.05, 0) is 32.4 Å². The summed E-state index contributed by atoms with van der Waals surface area (Å²) in [6.07, 6.45) is 4.25. The molecule has 2 bridgehead atoms. The molecule has 2 amide bonds. The van der Waals surface area contributed by atoms with Crippen molar-refractivity contribution in [3.63, 3.8) is 0 Å². The van der Waals surface area contributed by atoms with Crippen molar-refractivity contribution in [2.45, 2.75) is 20.8 Å². The average molecular weight is 293 g/mol. The summed E-state index contributed by atoms with van der Waals surface area (Å²) in [5.41, 5.74) is 4.25. The van der Waals surface area contributed by atoms with Crippen LogP contribution in [0.15, 0.2) is 47.6 Å². The number of rotatable bonds is 1. The van der Waals surface area contributed by atoms with Crippen LogP contribution in [0.1, 0.15) is 19.4 Å². The molecule has 0 radical (unpaired) electrons. The van der Waals surface area contributed by atoms with Crippen molar-refractivity contribution in [1.29, 1.82) is 0 Å². The topological polar surface area (TPSA) is 37.4 Å². The number of aryl methyl sites for hydroxylation is 1. The van der Waals surface area contributed by atoms with Gasteiger partial charge in [0.2, 0.25) is 11.8 Å². The highest BCUT2D eigenvalue weighted by Crippen LogP contribution is 2.57. The Morgan fingerprint density at radius 3 is 2.00 bits per heavy atom. The second kappa shape index (κ2) is 4.42. The third-order valence-electron chi connectivity index (χ3n) is 5.35. The van der Waals surface area contributed by atoms with E-state index in [0.717, 1.165) is 11.3 Å². The van der Waals surface area contributed by atoms with Crippen molar-refractivity contribution in [1.82, 2.24) is 0 Å². The fraction of sp³-hybridized carbons (Fsp3) is 0.368. The lowest BCUT2D eigenvalue weighted by Crippen LogP contribution is -2.33. The maximum absolute atomic E-state index is 13.0. The molecule has 3 nitrogen and oxygen atoms in total. The largest absolute Gasteiger partial charge is 0.274 e. The van der Waals surface area contributed by atoms with Crippen LogP contribution in [0, 0.1) is 30.6 Å².